The zero-order chi connectivity index (χ0) is 18.1. The van der Waals surface area contributed by atoms with Gasteiger partial charge in [-0.25, -0.2) is 9.59 Å². The van der Waals surface area contributed by atoms with E-state index in [0.717, 1.165) is 55.3 Å². The maximum Gasteiger partial charge on any atom is 0.414 e. The lowest BCUT2D eigenvalue weighted by Crippen LogP contribution is -2.40. The summed E-state index contributed by atoms with van der Waals surface area (Å²) in [4.78, 5) is 29.3. The summed E-state index contributed by atoms with van der Waals surface area (Å²) >= 11 is 0. The molecule has 1 amide bonds. The summed E-state index contributed by atoms with van der Waals surface area (Å²) in [5.41, 5.74) is 2.17. The number of nitrogens with zero attached hydrogens (tertiary/aromatic N) is 2. The number of isocyanates is 1. The van der Waals surface area contributed by atoms with Crippen LogP contribution in [-0.4, -0.2) is 24.3 Å². The van der Waals surface area contributed by atoms with Gasteiger partial charge in [-0.1, -0.05) is 25.0 Å². The highest BCUT2D eigenvalue weighted by atomic mass is 16.6. The summed E-state index contributed by atoms with van der Waals surface area (Å²) in [5.74, 6) is 0. The average molecular weight is 342 g/mol. The van der Waals surface area contributed by atoms with Crippen molar-refractivity contribution in [1.29, 1.82) is 0 Å². The minimum absolute atomic E-state index is 0.303. The second-order valence-electron chi connectivity index (χ2n) is 8.02. The first kappa shape index (κ1) is 17.7. The molecule has 134 valence electrons. The zero-order valence-electron chi connectivity index (χ0n) is 15.3. The van der Waals surface area contributed by atoms with Crippen molar-refractivity contribution in [1.82, 2.24) is 0 Å². The molecule has 5 nitrogen and oxygen atoms in total. The number of carbonyl (C=O) groups excluding carboxylic acids is 2. The Bertz CT molecular complexity index is 708. The monoisotopic (exact) mass is 342 g/mol. The van der Waals surface area contributed by atoms with Crippen LogP contribution in [0.15, 0.2) is 23.2 Å². The maximum absolute atomic E-state index is 12.5. The lowest BCUT2D eigenvalue weighted by Gasteiger charge is -2.33. The second kappa shape index (κ2) is 6.64. The highest BCUT2D eigenvalue weighted by molar-refractivity contribution is 5.89. The topological polar surface area (TPSA) is 59.0 Å². The van der Waals surface area contributed by atoms with Crippen LogP contribution in [0.1, 0.15) is 64.0 Å². The number of benzene rings is 1. The number of rotatable bonds is 2. The Hall–Kier alpha value is -2.13. The molecule has 0 aromatic heterocycles. The van der Waals surface area contributed by atoms with E-state index in [-0.39, 0.29) is 6.09 Å². The molecule has 5 heteroatoms. The van der Waals surface area contributed by atoms with Gasteiger partial charge in [-0.05, 0) is 63.6 Å². The number of carbonyl (C=O) groups is 1. The Morgan fingerprint density at radius 3 is 2.60 bits per heavy atom. The van der Waals surface area contributed by atoms with Gasteiger partial charge in [-0.15, -0.1) is 0 Å². The van der Waals surface area contributed by atoms with Gasteiger partial charge in [0.15, 0.2) is 0 Å². The Morgan fingerprint density at radius 1 is 1.24 bits per heavy atom. The number of ether oxygens (including phenoxy) is 1. The number of anilines is 1. The third kappa shape index (κ3) is 3.62. The number of hydrogen-bond acceptors (Lipinski definition) is 4. The van der Waals surface area contributed by atoms with Crippen molar-refractivity contribution < 1.29 is 14.3 Å². The quantitative estimate of drug-likeness (QED) is 0.588. The molecule has 0 atom stereocenters. The highest BCUT2D eigenvalue weighted by Gasteiger charge is 2.37. The van der Waals surface area contributed by atoms with Crippen LogP contribution in [0.4, 0.5) is 10.5 Å². The molecule has 1 saturated carbocycles. The van der Waals surface area contributed by atoms with Gasteiger partial charge in [0, 0.05) is 6.54 Å². The molecular formula is C20H26N2O3. The van der Waals surface area contributed by atoms with E-state index in [4.69, 9.17) is 4.74 Å². The van der Waals surface area contributed by atoms with Crippen LogP contribution in [-0.2, 0) is 21.5 Å². The largest absolute Gasteiger partial charge is 0.443 e. The van der Waals surface area contributed by atoms with Crippen molar-refractivity contribution in [2.45, 2.75) is 70.4 Å². The molecule has 0 radical (unpaired) electrons. The molecule has 1 aromatic carbocycles. The molecule has 0 spiro atoms. The van der Waals surface area contributed by atoms with Gasteiger partial charge >= 0.3 is 6.09 Å². The summed E-state index contributed by atoms with van der Waals surface area (Å²) in [6.07, 6.45) is 7.21. The number of amides is 1. The normalized spacial score (nSPS) is 19.1. The molecule has 1 aromatic rings. The van der Waals surface area contributed by atoms with Gasteiger partial charge in [-0.2, -0.15) is 4.99 Å². The standard InChI is InChI=1S/C20H26N2O3/c1-19(2,3)25-18(24)22-12-6-7-15-13-16(8-9-17(15)22)20(21-14-23)10-4-5-11-20/h8-9,13H,4-7,10-12H2,1-3H3. The van der Waals surface area contributed by atoms with Crippen LogP contribution in [0.3, 0.4) is 0 Å². The van der Waals surface area contributed by atoms with Crippen molar-refractivity contribution in [2.75, 3.05) is 11.4 Å². The lowest BCUT2D eigenvalue weighted by atomic mass is 9.86. The van der Waals surface area contributed by atoms with Crippen LogP contribution in [0, 0.1) is 0 Å². The van der Waals surface area contributed by atoms with Crippen molar-refractivity contribution in [3.05, 3.63) is 29.3 Å². The predicted molar refractivity (Wildman–Crippen MR) is 96.6 cm³/mol. The van der Waals surface area contributed by atoms with Crippen molar-refractivity contribution in [3.8, 4) is 0 Å². The Kier molecular flexibility index (Phi) is 4.70. The molecule has 0 unspecified atom stereocenters. The molecule has 25 heavy (non-hydrogen) atoms. The van der Waals surface area contributed by atoms with E-state index in [1.807, 2.05) is 32.9 Å². The number of fused-ring (bicyclic) bond motifs is 1. The van der Waals surface area contributed by atoms with E-state index in [0.29, 0.717) is 6.54 Å². The summed E-state index contributed by atoms with van der Waals surface area (Å²) in [7, 11) is 0. The third-order valence-electron chi connectivity index (χ3n) is 5.04. The van der Waals surface area contributed by atoms with Crippen molar-refractivity contribution in [2.24, 2.45) is 4.99 Å². The SMILES string of the molecule is CC(C)(C)OC(=O)N1CCCc2cc(C3(N=C=O)CCCC3)ccc21. The minimum Gasteiger partial charge on any atom is -0.443 e. The molecule has 0 bridgehead atoms. The minimum atomic E-state index is -0.513. The van der Waals surface area contributed by atoms with Gasteiger partial charge in [0.05, 0.1) is 11.2 Å². The second-order valence-corrected chi connectivity index (χ2v) is 8.02. The summed E-state index contributed by atoms with van der Waals surface area (Å²) in [5, 5.41) is 0. The molecule has 2 aliphatic rings. The Morgan fingerprint density at radius 2 is 1.96 bits per heavy atom. The Labute approximate surface area is 149 Å². The van der Waals surface area contributed by atoms with Crippen LogP contribution >= 0.6 is 0 Å². The lowest BCUT2D eigenvalue weighted by molar-refractivity contribution is 0.0578. The average Bonchev–Trinajstić information content (AvgIpc) is 3.02. The van der Waals surface area contributed by atoms with Gasteiger partial charge in [0.25, 0.3) is 0 Å². The molecule has 1 aliphatic heterocycles. The number of aryl methyl sites for hydroxylation is 1. The first-order chi connectivity index (χ1) is 11.8. The molecule has 1 aliphatic carbocycles. The van der Waals surface area contributed by atoms with Crippen molar-refractivity contribution >= 4 is 17.9 Å². The van der Waals surface area contributed by atoms with E-state index in [9.17, 15) is 9.59 Å². The first-order valence-electron chi connectivity index (χ1n) is 9.08. The summed E-state index contributed by atoms with van der Waals surface area (Å²) in [6, 6.07) is 6.11. The molecule has 3 rings (SSSR count). The highest BCUT2D eigenvalue weighted by Crippen LogP contribution is 2.43. The van der Waals surface area contributed by atoms with Gasteiger partial charge in [-0.3, -0.25) is 4.90 Å². The fourth-order valence-electron chi connectivity index (χ4n) is 3.91. The predicted octanol–water partition coefficient (Wildman–Crippen LogP) is 4.48. The smallest absolute Gasteiger partial charge is 0.414 e. The third-order valence-corrected chi connectivity index (χ3v) is 5.04. The van der Waals surface area contributed by atoms with E-state index >= 15 is 0 Å². The number of hydrogen-bond donors (Lipinski definition) is 0. The van der Waals surface area contributed by atoms with E-state index in [1.54, 1.807) is 11.0 Å². The zero-order valence-corrected chi connectivity index (χ0v) is 15.3. The van der Waals surface area contributed by atoms with Gasteiger partial charge in [0.1, 0.15) is 5.60 Å². The fraction of sp³-hybridized carbons (Fsp3) is 0.600. The van der Waals surface area contributed by atoms with E-state index in [1.165, 1.54) is 0 Å². The van der Waals surface area contributed by atoms with Crippen LogP contribution in [0.2, 0.25) is 0 Å². The van der Waals surface area contributed by atoms with Crippen LogP contribution < -0.4 is 4.90 Å². The van der Waals surface area contributed by atoms with Crippen LogP contribution in [0.5, 0.6) is 0 Å². The number of aliphatic imine (C=N–C) groups is 1. The summed E-state index contributed by atoms with van der Waals surface area (Å²) < 4.78 is 5.54. The van der Waals surface area contributed by atoms with Gasteiger partial charge < -0.3 is 4.74 Å². The molecule has 0 N–H and O–H groups in total. The molecular weight excluding hydrogens is 316 g/mol. The van der Waals surface area contributed by atoms with Gasteiger partial charge in [0.2, 0.25) is 6.08 Å². The van der Waals surface area contributed by atoms with E-state index in [2.05, 4.69) is 11.1 Å². The fourth-order valence-corrected chi connectivity index (χ4v) is 3.91. The van der Waals surface area contributed by atoms with Crippen molar-refractivity contribution in [3.63, 3.8) is 0 Å². The van der Waals surface area contributed by atoms with Crippen LogP contribution in [0.25, 0.3) is 0 Å². The first-order valence-corrected chi connectivity index (χ1v) is 9.08. The molecule has 1 fully saturated rings. The Balaban J connectivity index is 1.92. The molecule has 0 saturated heterocycles. The maximum atomic E-state index is 12.5. The molecule has 1 heterocycles. The summed E-state index contributed by atoms with van der Waals surface area (Å²) in [6.45, 7) is 6.29. The van der Waals surface area contributed by atoms with E-state index < -0.39 is 11.1 Å².